The van der Waals surface area contributed by atoms with Gasteiger partial charge in [-0.25, -0.2) is 4.79 Å². The Balaban J connectivity index is 1.53. The highest BCUT2D eigenvalue weighted by atomic mass is 16.6. The lowest BCUT2D eigenvalue weighted by molar-refractivity contribution is 0.102. The maximum absolute atomic E-state index is 12.0. The maximum atomic E-state index is 12.0. The average molecular weight is 257 g/mol. The van der Waals surface area contributed by atoms with Gasteiger partial charge in [-0.05, 0) is 24.3 Å². The molecule has 1 aliphatic heterocycles. The number of carbonyl (C=O) groups is 1. The van der Waals surface area contributed by atoms with Gasteiger partial charge in [-0.15, -0.1) is 0 Å². The van der Waals surface area contributed by atoms with Gasteiger partial charge in [0.25, 0.3) is 0 Å². The lowest BCUT2D eigenvalue weighted by atomic mass is 9.98. The Bertz CT molecular complexity index is 483. The topological polar surface area (TPSA) is 29.5 Å². The molecule has 0 bridgehead atoms. The van der Waals surface area contributed by atoms with Crippen LogP contribution in [-0.4, -0.2) is 24.1 Å². The van der Waals surface area contributed by atoms with Gasteiger partial charge in [0.2, 0.25) is 0 Å². The standard InChI is InChI=1S/C16H19NO2/c1-12-7-8-14-9-17(10-15(12)14)16(18)19-11-13-5-3-2-4-6-13/h2-6,14-15H,1,7-11H2. The molecular weight excluding hydrogens is 238 g/mol. The fourth-order valence-corrected chi connectivity index (χ4v) is 3.14. The number of hydrogen-bond acceptors (Lipinski definition) is 2. The molecule has 2 fully saturated rings. The molecule has 0 spiro atoms. The van der Waals surface area contributed by atoms with Crippen LogP contribution >= 0.6 is 0 Å². The number of fused-ring (bicyclic) bond motifs is 1. The van der Waals surface area contributed by atoms with E-state index in [0.29, 0.717) is 18.4 Å². The molecule has 1 saturated carbocycles. The van der Waals surface area contributed by atoms with Crippen LogP contribution in [0.5, 0.6) is 0 Å². The van der Waals surface area contributed by atoms with Crippen LogP contribution in [0.4, 0.5) is 4.79 Å². The monoisotopic (exact) mass is 257 g/mol. The molecule has 2 atom stereocenters. The Morgan fingerprint density at radius 1 is 1.32 bits per heavy atom. The third-order valence-electron chi connectivity index (χ3n) is 4.26. The molecule has 3 heteroatoms. The van der Waals surface area contributed by atoms with Crippen molar-refractivity contribution >= 4 is 6.09 Å². The summed E-state index contributed by atoms with van der Waals surface area (Å²) in [5.41, 5.74) is 2.34. The zero-order chi connectivity index (χ0) is 13.2. The van der Waals surface area contributed by atoms with E-state index in [1.807, 2.05) is 35.2 Å². The minimum absolute atomic E-state index is 0.189. The van der Waals surface area contributed by atoms with Crippen LogP contribution in [0.15, 0.2) is 42.5 Å². The second-order valence-corrected chi connectivity index (χ2v) is 5.51. The fraction of sp³-hybridized carbons (Fsp3) is 0.438. The quantitative estimate of drug-likeness (QED) is 0.761. The summed E-state index contributed by atoms with van der Waals surface area (Å²) < 4.78 is 5.37. The normalized spacial score (nSPS) is 25.5. The first-order chi connectivity index (χ1) is 9.24. The maximum Gasteiger partial charge on any atom is 0.410 e. The summed E-state index contributed by atoms with van der Waals surface area (Å²) in [6.07, 6.45) is 2.11. The van der Waals surface area contributed by atoms with Crippen molar-refractivity contribution in [1.29, 1.82) is 0 Å². The highest BCUT2D eigenvalue weighted by Gasteiger charge is 2.40. The number of hydrogen-bond donors (Lipinski definition) is 0. The molecule has 100 valence electrons. The largest absolute Gasteiger partial charge is 0.445 e. The molecule has 1 heterocycles. The Kier molecular flexibility index (Phi) is 3.28. The van der Waals surface area contributed by atoms with Crippen LogP contribution in [0.25, 0.3) is 0 Å². The van der Waals surface area contributed by atoms with Gasteiger partial charge in [0.15, 0.2) is 0 Å². The molecule has 0 radical (unpaired) electrons. The van der Waals surface area contributed by atoms with E-state index in [1.54, 1.807) is 0 Å². The molecule has 1 aliphatic carbocycles. The number of nitrogens with zero attached hydrogens (tertiary/aromatic N) is 1. The molecule has 1 aromatic rings. The lowest BCUT2D eigenvalue weighted by Gasteiger charge is -2.17. The van der Waals surface area contributed by atoms with Crippen molar-refractivity contribution in [2.24, 2.45) is 11.8 Å². The van der Waals surface area contributed by atoms with Gasteiger partial charge >= 0.3 is 6.09 Å². The van der Waals surface area contributed by atoms with E-state index < -0.39 is 0 Å². The summed E-state index contributed by atoms with van der Waals surface area (Å²) in [7, 11) is 0. The van der Waals surface area contributed by atoms with Gasteiger partial charge < -0.3 is 9.64 Å². The number of likely N-dealkylation sites (tertiary alicyclic amines) is 1. The van der Waals surface area contributed by atoms with Gasteiger partial charge in [0.1, 0.15) is 6.61 Å². The second kappa shape index (κ2) is 5.08. The van der Waals surface area contributed by atoms with Crippen molar-refractivity contribution in [3.05, 3.63) is 48.0 Å². The molecule has 1 saturated heterocycles. The van der Waals surface area contributed by atoms with E-state index >= 15 is 0 Å². The number of benzene rings is 1. The Hall–Kier alpha value is -1.77. The first kappa shape index (κ1) is 12.3. The van der Waals surface area contributed by atoms with E-state index in [9.17, 15) is 4.79 Å². The van der Waals surface area contributed by atoms with Crippen molar-refractivity contribution in [3.63, 3.8) is 0 Å². The highest BCUT2D eigenvalue weighted by molar-refractivity contribution is 5.68. The van der Waals surface area contributed by atoms with Gasteiger partial charge in [-0.3, -0.25) is 0 Å². The van der Waals surface area contributed by atoms with Crippen LogP contribution in [0, 0.1) is 11.8 Å². The van der Waals surface area contributed by atoms with Crippen LogP contribution in [0.1, 0.15) is 18.4 Å². The lowest BCUT2D eigenvalue weighted by Crippen LogP contribution is -2.30. The van der Waals surface area contributed by atoms with E-state index in [2.05, 4.69) is 6.58 Å². The fourth-order valence-electron chi connectivity index (χ4n) is 3.14. The molecule has 0 N–H and O–H groups in total. The number of carbonyl (C=O) groups excluding carboxylic acids is 1. The van der Waals surface area contributed by atoms with Crippen LogP contribution in [0.2, 0.25) is 0 Å². The van der Waals surface area contributed by atoms with Crippen LogP contribution in [0.3, 0.4) is 0 Å². The molecular formula is C16H19NO2. The first-order valence-electron chi connectivity index (χ1n) is 6.87. The molecule has 0 aromatic heterocycles. The summed E-state index contributed by atoms with van der Waals surface area (Å²) in [6.45, 7) is 6.08. The van der Waals surface area contributed by atoms with E-state index in [0.717, 1.165) is 25.1 Å². The summed E-state index contributed by atoms with van der Waals surface area (Å²) in [5, 5.41) is 0. The molecule has 2 aliphatic rings. The van der Waals surface area contributed by atoms with Gasteiger partial charge in [0.05, 0.1) is 0 Å². The number of ether oxygens (including phenoxy) is 1. The minimum atomic E-state index is -0.189. The van der Waals surface area contributed by atoms with Gasteiger partial charge in [-0.2, -0.15) is 0 Å². The van der Waals surface area contributed by atoms with Crippen molar-refractivity contribution in [1.82, 2.24) is 4.90 Å². The van der Waals surface area contributed by atoms with Crippen molar-refractivity contribution < 1.29 is 9.53 Å². The molecule has 3 rings (SSSR count). The van der Waals surface area contributed by atoms with Gasteiger partial charge in [0, 0.05) is 19.0 Å². The predicted molar refractivity (Wildman–Crippen MR) is 73.6 cm³/mol. The molecule has 2 unspecified atom stereocenters. The number of rotatable bonds is 2. The van der Waals surface area contributed by atoms with Crippen molar-refractivity contribution in [3.8, 4) is 0 Å². The molecule has 1 aromatic carbocycles. The number of amides is 1. The second-order valence-electron chi connectivity index (χ2n) is 5.51. The third-order valence-corrected chi connectivity index (χ3v) is 4.26. The van der Waals surface area contributed by atoms with Crippen LogP contribution in [-0.2, 0) is 11.3 Å². The Labute approximate surface area is 113 Å². The predicted octanol–water partition coefficient (Wildman–Crippen LogP) is 3.22. The summed E-state index contributed by atoms with van der Waals surface area (Å²) in [5.74, 6) is 1.11. The summed E-state index contributed by atoms with van der Waals surface area (Å²) in [4.78, 5) is 13.9. The molecule has 19 heavy (non-hydrogen) atoms. The van der Waals surface area contributed by atoms with E-state index in [4.69, 9.17) is 4.74 Å². The van der Waals surface area contributed by atoms with E-state index in [-0.39, 0.29) is 6.09 Å². The zero-order valence-electron chi connectivity index (χ0n) is 11.0. The summed E-state index contributed by atoms with van der Waals surface area (Å²) in [6, 6.07) is 9.79. The average Bonchev–Trinajstić information content (AvgIpc) is 3.00. The van der Waals surface area contributed by atoms with E-state index in [1.165, 1.54) is 12.0 Å². The van der Waals surface area contributed by atoms with Crippen molar-refractivity contribution in [2.75, 3.05) is 13.1 Å². The third kappa shape index (κ3) is 2.50. The Morgan fingerprint density at radius 3 is 2.84 bits per heavy atom. The highest BCUT2D eigenvalue weighted by Crippen LogP contribution is 2.40. The van der Waals surface area contributed by atoms with Gasteiger partial charge in [-0.1, -0.05) is 42.5 Å². The zero-order valence-corrected chi connectivity index (χ0v) is 11.0. The Morgan fingerprint density at radius 2 is 2.11 bits per heavy atom. The smallest absolute Gasteiger partial charge is 0.410 e. The van der Waals surface area contributed by atoms with Crippen molar-refractivity contribution in [2.45, 2.75) is 19.4 Å². The van der Waals surface area contributed by atoms with Crippen LogP contribution < -0.4 is 0 Å². The molecule has 3 nitrogen and oxygen atoms in total. The SMILES string of the molecule is C=C1CCC2CN(C(=O)OCc3ccccc3)CC12. The minimum Gasteiger partial charge on any atom is -0.445 e. The first-order valence-corrected chi connectivity index (χ1v) is 6.87. The summed E-state index contributed by atoms with van der Waals surface area (Å²) >= 11 is 0. The molecule has 1 amide bonds.